The average Bonchev–Trinajstić information content (AvgIpc) is 1.95. The third-order valence-corrected chi connectivity index (χ3v) is 1.97. The van der Waals surface area contributed by atoms with Gasteiger partial charge in [0.2, 0.25) is 0 Å². The minimum absolute atomic E-state index is 0.0349. The van der Waals surface area contributed by atoms with Gasteiger partial charge >= 0.3 is 6.18 Å². The lowest BCUT2D eigenvalue weighted by atomic mass is 9.88. The summed E-state index contributed by atoms with van der Waals surface area (Å²) in [4.78, 5) is 0. The van der Waals surface area contributed by atoms with Gasteiger partial charge in [-0.05, 0) is 17.7 Å². The number of alkyl halides is 3. The second-order valence-electron chi connectivity index (χ2n) is 2.86. The molecule has 2 N–H and O–H groups in total. The lowest BCUT2D eigenvalue weighted by molar-refractivity contribution is -0.127. The topological polar surface area (TPSA) is 26.0 Å². The van der Waals surface area contributed by atoms with Crippen molar-refractivity contribution in [2.75, 3.05) is 5.73 Å². The van der Waals surface area contributed by atoms with Crippen LogP contribution in [-0.2, 0) is 6.42 Å². The molecule has 0 heterocycles. The summed E-state index contributed by atoms with van der Waals surface area (Å²) in [5.74, 6) is 0. The van der Waals surface area contributed by atoms with E-state index in [1.807, 2.05) is 0 Å². The van der Waals surface area contributed by atoms with Crippen molar-refractivity contribution in [1.82, 2.24) is 0 Å². The van der Waals surface area contributed by atoms with E-state index in [9.17, 15) is 13.2 Å². The Morgan fingerprint density at radius 3 is 2.36 bits per heavy atom. The molecule has 0 atom stereocenters. The van der Waals surface area contributed by atoms with E-state index in [0.29, 0.717) is 0 Å². The van der Waals surface area contributed by atoms with E-state index < -0.39 is 12.6 Å². The zero-order valence-electron chi connectivity index (χ0n) is 7.03. The number of hydrogen-bond donors (Lipinski definition) is 1. The second kappa shape index (κ2) is 3.73. The minimum Gasteiger partial charge on any atom is -0.399 e. The highest BCUT2D eigenvalue weighted by Gasteiger charge is 2.29. The van der Waals surface area contributed by atoms with Crippen LogP contribution in [0.25, 0.3) is 0 Å². The van der Waals surface area contributed by atoms with Crippen molar-refractivity contribution < 1.29 is 13.2 Å². The van der Waals surface area contributed by atoms with Crippen molar-refractivity contribution in [3.63, 3.8) is 0 Å². The molecule has 1 nitrogen and oxygen atoms in total. The van der Waals surface area contributed by atoms with E-state index in [-0.39, 0.29) is 21.7 Å². The maximum Gasteiger partial charge on any atom is 0.393 e. The fourth-order valence-electron chi connectivity index (χ4n) is 1.07. The molecule has 0 spiro atoms. The predicted octanol–water partition coefficient (Wildman–Crippen LogP) is 1.82. The zero-order valence-corrected chi connectivity index (χ0v) is 7.78. The standard InChI is InChI=1S/C8H6BClF3N/c9-6-1-4(14)2-7(10)5(6)3-8(11,12)13/h1-2H,3,14H2. The second-order valence-corrected chi connectivity index (χ2v) is 3.27. The Bertz CT molecular complexity index is 328. The Hall–Kier alpha value is -0.835. The molecule has 0 aliphatic rings. The van der Waals surface area contributed by atoms with E-state index in [0.717, 1.165) is 0 Å². The van der Waals surface area contributed by atoms with Gasteiger partial charge in [-0.3, -0.25) is 0 Å². The van der Waals surface area contributed by atoms with Crippen LogP contribution in [0.1, 0.15) is 5.56 Å². The van der Waals surface area contributed by atoms with Crippen LogP contribution in [0.15, 0.2) is 12.1 Å². The van der Waals surface area contributed by atoms with Gasteiger partial charge in [0, 0.05) is 10.7 Å². The maximum atomic E-state index is 12.1. The molecule has 0 aliphatic carbocycles. The van der Waals surface area contributed by atoms with E-state index in [2.05, 4.69) is 0 Å². The van der Waals surface area contributed by atoms with Crippen molar-refractivity contribution in [2.24, 2.45) is 0 Å². The predicted molar refractivity (Wildman–Crippen MR) is 51.0 cm³/mol. The smallest absolute Gasteiger partial charge is 0.393 e. The van der Waals surface area contributed by atoms with Gasteiger partial charge in [0.25, 0.3) is 0 Å². The molecule has 0 bridgehead atoms. The van der Waals surface area contributed by atoms with E-state index in [1.165, 1.54) is 12.1 Å². The van der Waals surface area contributed by atoms with Crippen LogP contribution in [-0.4, -0.2) is 14.0 Å². The highest BCUT2D eigenvalue weighted by atomic mass is 35.5. The normalized spacial score (nSPS) is 11.7. The monoisotopic (exact) mass is 219 g/mol. The first-order valence-electron chi connectivity index (χ1n) is 3.70. The number of benzene rings is 1. The minimum atomic E-state index is -4.33. The van der Waals surface area contributed by atoms with Crippen LogP contribution >= 0.6 is 11.6 Å². The van der Waals surface area contributed by atoms with Gasteiger partial charge in [-0.2, -0.15) is 13.2 Å². The molecule has 1 aromatic carbocycles. The largest absolute Gasteiger partial charge is 0.399 e. The summed E-state index contributed by atoms with van der Waals surface area (Å²) in [6.07, 6.45) is -5.47. The lowest BCUT2D eigenvalue weighted by Crippen LogP contribution is -2.20. The van der Waals surface area contributed by atoms with Crippen LogP contribution in [0.2, 0.25) is 5.02 Å². The summed E-state index contributed by atoms with van der Waals surface area (Å²) in [5, 5.41) is -0.0557. The number of nitrogens with two attached hydrogens (primary N) is 1. The summed E-state index contributed by atoms with van der Waals surface area (Å²) in [5.41, 5.74) is 5.43. The van der Waals surface area contributed by atoms with Crippen LogP contribution in [0.5, 0.6) is 0 Å². The summed E-state index contributed by atoms with van der Waals surface area (Å²) >= 11 is 5.58. The van der Waals surface area contributed by atoms with Crippen LogP contribution < -0.4 is 11.2 Å². The zero-order chi connectivity index (χ0) is 10.9. The number of halogens is 4. The molecule has 0 saturated carbocycles. The number of nitrogen functional groups attached to an aromatic ring is 1. The fraction of sp³-hybridized carbons (Fsp3) is 0.250. The molecule has 14 heavy (non-hydrogen) atoms. The molecule has 0 aliphatic heterocycles. The molecule has 0 saturated heterocycles. The molecule has 0 fully saturated rings. The summed E-state index contributed by atoms with van der Waals surface area (Å²) in [6, 6.07) is 2.51. The van der Waals surface area contributed by atoms with Crippen LogP contribution in [0.4, 0.5) is 18.9 Å². The SMILES string of the molecule is [B]c1cc(N)cc(Cl)c1CC(F)(F)F. The van der Waals surface area contributed by atoms with Gasteiger partial charge in [0.05, 0.1) is 6.42 Å². The highest BCUT2D eigenvalue weighted by molar-refractivity contribution is 6.38. The molecule has 0 amide bonds. The highest BCUT2D eigenvalue weighted by Crippen LogP contribution is 2.25. The number of hydrogen-bond acceptors (Lipinski definition) is 1. The van der Waals surface area contributed by atoms with Gasteiger partial charge in [-0.15, -0.1) is 0 Å². The van der Waals surface area contributed by atoms with E-state index in [4.69, 9.17) is 25.2 Å². The Balaban J connectivity index is 3.09. The van der Waals surface area contributed by atoms with Crippen LogP contribution in [0.3, 0.4) is 0 Å². The van der Waals surface area contributed by atoms with E-state index in [1.54, 1.807) is 0 Å². The van der Waals surface area contributed by atoms with Gasteiger partial charge in [0.1, 0.15) is 7.85 Å². The van der Waals surface area contributed by atoms with Crippen molar-refractivity contribution in [2.45, 2.75) is 12.6 Å². The Morgan fingerprint density at radius 2 is 1.93 bits per heavy atom. The third kappa shape index (κ3) is 2.84. The van der Waals surface area contributed by atoms with Gasteiger partial charge in [-0.1, -0.05) is 17.1 Å². The van der Waals surface area contributed by atoms with Crippen molar-refractivity contribution in [3.8, 4) is 0 Å². The molecule has 0 unspecified atom stereocenters. The lowest BCUT2D eigenvalue weighted by Gasteiger charge is -2.12. The number of rotatable bonds is 1. The third-order valence-electron chi connectivity index (χ3n) is 1.63. The van der Waals surface area contributed by atoms with Gasteiger partial charge in [-0.25, -0.2) is 0 Å². The Labute approximate surface area is 85.5 Å². The van der Waals surface area contributed by atoms with Crippen molar-refractivity contribution in [1.29, 1.82) is 0 Å². The molecule has 1 aromatic rings. The summed E-state index contributed by atoms with van der Waals surface area (Å²) in [6.45, 7) is 0. The number of anilines is 1. The average molecular weight is 219 g/mol. The first-order chi connectivity index (χ1) is 6.29. The molecule has 6 heteroatoms. The van der Waals surface area contributed by atoms with Crippen molar-refractivity contribution >= 4 is 30.6 Å². The maximum absolute atomic E-state index is 12.1. The summed E-state index contributed by atoms with van der Waals surface area (Å²) < 4.78 is 36.2. The first kappa shape index (κ1) is 11.2. The summed E-state index contributed by atoms with van der Waals surface area (Å²) in [7, 11) is 5.36. The Kier molecular flexibility index (Phi) is 2.99. The van der Waals surface area contributed by atoms with Gasteiger partial charge in [0.15, 0.2) is 0 Å². The fourth-order valence-corrected chi connectivity index (χ4v) is 1.37. The quantitative estimate of drug-likeness (QED) is 0.566. The molecular formula is C8H6BClF3N. The molecule has 74 valence electrons. The van der Waals surface area contributed by atoms with Gasteiger partial charge < -0.3 is 5.73 Å². The Morgan fingerprint density at radius 1 is 1.36 bits per heavy atom. The first-order valence-corrected chi connectivity index (χ1v) is 4.07. The molecule has 2 radical (unpaired) electrons. The molecular weight excluding hydrogens is 213 g/mol. The molecule has 0 aromatic heterocycles. The van der Waals surface area contributed by atoms with E-state index >= 15 is 0 Å². The van der Waals surface area contributed by atoms with Crippen molar-refractivity contribution in [3.05, 3.63) is 22.7 Å². The molecule has 1 rings (SSSR count). The van der Waals surface area contributed by atoms with Crippen LogP contribution in [0, 0.1) is 0 Å².